The van der Waals surface area contributed by atoms with Gasteiger partial charge in [0.2, 0.25) is 12.4 Å². The van der Waals surface area contributed by atoms with E-state index in [2.05, 4.69) is 27.9 Å². The van der Waals surface area contributed by atoms with Gasteiger partial charge >= 0.3 is 11.8 Å². The molecule has 39 heavy (non-hydrogen) atoms. The monoisotopic (exact) mass is 651 g/mol. The molecule has 0 bridgehead atoms. The fourth-order valence-electron chi connectivity index (χ4n) is 4.81. The zero-order chi connectivity index (χ0) is 28.1. The number of halogens is 1. The summed E-state index contributed by atoms with van der Waals surface area (Å²) in [6.07, 6.45) is -4.00. The van der Waals surface area contributed by atoms with E-state index in [1.54, 1.807) is 58.2 Å². The van der Waals surface area contributed by atoms with E-state index < -0.39 is 47.9 Å². The van der Waals surface area contributed by atoms with E-state index in [0.29, 0.717) is 28.0 Å². The van der Waals surface area contributed by atoms with Gasteiger partial charge < -0.3 is 38.2 Å². The van der Waals surface area contributed by atoms with Gasteiger partial charge in [-0.1, -0.05) is 0 Å². The molecule has 0 aliphatic carbocycles. The molecule has 5 rings (SSSR count). The average Bonchev–Trinajstić information content (AvgIpc) is 3.27. The molecular formula is C27H26INO10. The van der Waals surface area contributed by atoms with E-state index in [1.807, 2.05) is 0 Å². The molecule has 1 N–H and O–H groups in total. The van der Waals surface area contributed by atoms with Gasteiger partial charge in [-0.05, 0) is 79.8 Å². The highest BCUT2D eigenvalue weighted by Crippen LogP contribution is 2.39. The Bertz CT molecular complexity index is 1520. The summed E-state index contributed by atoms with van der Waals surface area (Å²) in [4.78, 5) is 37.5. The maximum absolute atomic E-state index is 12.8. The molecule has 12 heteroatoms. The van der Waals surface area contributed by atoms with E-state index in [-0.39, 0.29) is 11.3 Å². The highest BCUT2D eigenvalue weighted by atomic mass is 127. The molecule has 0 radical (unpaired) electrons. The molecule has 1 amide bonds. The van der Waals surface area contributed by atoms with Crippen LogP contribution in [0.1, 0.15) is 29.8 Å². The summed E-state index contributed by atoms with van der Waals surface area (Å²) < 4.78 is 40.0. The second kappa shape index (κ2) is 10.3. The van der Waals surface area contributed by atoms with Crippen LogP contribution in [-0.2, 0) is 18.9 Å². The van der Waals surface area contributed by atoms with E-state index in [4.69, 9.17) is 32.8 Å². The van der Waals surface area contributed by atoms with Crippen LogP contribution in [-0.4, -0.2) is 56.5 Å². The molecular weight excluding hydrogens is 625 g/mol. The van der Waals surface area contributed by atoms with Crippen LogP contribution in [0.5, 0.6) is 11.5 Å². The summed E-state index contributed by atoms with van der Waals surface area (Å²) >= 11 is 2.06. The second-order valence-corrected chi connectivity index (χ2v) is 10.8. The summed E-state index contributed by atoms with van der Waals surface area (Å²) in [5, 5.41) is 3.18. The van der Waals surface area contributed by atoms with E-state index in [0.717, 1.165) is 3.57 Å². The number of hydrogen-bond acceptors (Lipinski definition) is 10. The van der Waals surface area contributed by atoms with Crippen LogP contribution in [0.2, 0.25) is 0 Å². The second-order valence-electron chi connectivity index (χ2n) is 9.64. The normalized spacial score (nSPS) is 23.5. The standard InChI is InChI=1S/C27H26INO10/c1-12-17(35-25-21-20(37-26(32)38-21)22(34-5)27(2,3)39-25)8-6-13-11-16(24(31)36-19(12)13)29-23(30)14-7-9-18(33-4)15(28)10-14/h6-11,20-22,25H,1-5H3,(H,29,30)/t20-,21+,22-,25-/m1/s1. The topological polar surface area (TPSA) is 132 Å². The maximum atomic E-state index is 12.8. The first-order valence-electron chi connectivity index (χ1n) is 12.0. The minimum atomic E-state index is -1.00. The number of hydrogen-bond donors (Lipinski definition) is 1. The number of rotatable bonds is 6. The Morgan fingerprint density at radius 2 is 1.74 bits per heavy atom. The van der Waals surface area contributed by atoms with E-state index in [9.17, 15) is 14.4 Å². The number of ether oxygens (including phenoxy) is 6. The summed E-state index contributed by atoms with van der Waals surface area (Å²) in [7, 11) is 3.05. The molecule has 2 aromatic carbocycles. The van der Waals surface area contributed by atoms with Gasteiger partial charge in [0, 0.05) is 23.6 Å². The van der Waals surface area contributed by atoms with Crippen molar-refractivity contribution in [3.63, 3.8) is 0 Å². The van der Waals surface area contributed by atoms with Gasteiger partial charge in [-0.3, -0.25) is 4.79 Å². The van der Waals surface area contributed by atoms with Crippen molar-refractivity contribution in [2.24, 2.45) is 0 Å². The minimum absolute atomic E-state index is 0.00720. The Balaban J connectivity index is 1.40. The number of carbonyl (C=O) groups excluding carboxylic acids is 2. The highest BCUT2D eigenvalue weighted by Gasteiger charge is 2.59. The van der Waals surface area contributed by atoms with Gasteiger partial charge in [0.1, 0.15) is 28.9 Å². The van der Waals surface area contributed by atoms with Crippen molar-refractivity contribution in [2.75, 3.05) is 19.5 Å². The lowest BCUT2D eigenvalue weighted by molar-refractivity contribution is -0.282. The first kappa shape index (κ1) is 27.2. The predicted octanol–water partition coefficient (Wildman–Crippen LogP) is 4.40. The first-order valence-corrected chi connectivity index (χ1v) is 13.1. The van der Waals surface area contributed by atoms with E-state index in [1.165, 1.54) is 13.2 Å². The number of fused-ring (bicyclic) bond motifs is 2. The fourth-order valence-corrected chi connectivity index (χ4v) is 5.55. The zero-order valence-corrected chi connectivity index (χ0v) is 23.9. The lowest BCUT2D eigenvalue weighted by Crippen LogP contribution is -2.62. The maximum Gasteiger partial charge on any atom is 0.509 e. The van der Waals surface area contributed by atoms with E-state index >= 15 is 0 Å². The Morgan fingerprint density at radius 1 is 1.03 bits per heavy atom. The quantitative estimate of drug-likeness (QED) is 0.233. The number of carbonyl (C=O) groups is 2. The Labute approximate surface area is 236 Å². The Hall–Kier alpha value is -3.36. The van der Waals surface area contributed by atoms with Crippen LogP contribution in [0.3, 0.4) is 0 Å². The van der Waals surface area contributed by atoms with Gasteiger partial charge in [0.05, 0.1) is 16.3 Å². The van der Waals surface area contributed by atoms with Gasteiger partial charge in [-0.25, -0.2) is 9.59 Å². The van der Waals surface area contributed by atoms with Crippen molar-refractivity contribution in [2.45, 2.75) is 51.0 Å². The molecule has 0 unspecified atom stereocenters. The fraction of sp³-hybridized carbons (Fsp3) is 0.370. The molecule has 2 aliphatic heterocycles. The molecule has 4 atom stereocenters. The molecule has 2 saturated heterocycles. The number of anilines is 1. The summed E-state index contributed by atoms with van der Waals surface area (Å²) in [6.45, 7) is 5.32. The van der Waals surface area contributed by atoms with Gasteiger partial charge in [-0.2, -0.15) is 0 Å². The molecule has 3 aromatic rings. The van der Waals surface area contributed by atoms with Gasteiger partial charge in [-0.15, -0.1) is 0 Å². The van der Waals surface area contributed by atoms with Crippen LogP contribution in [0, 0.1) is 10.5 Å². The molecule has 3 heterocycles. The third-order valence-corrected chi connectivity index (χ3v) is 7.56. The smallest absolute Gasteiger partial charge is 0.496 e. The van der Waals surface area contributed by atoms with Crippen molar-refractivity contribution in [1.29, 1.82) is 0 Å². The third-order valence-electron chi connectivity index (χ3n) is 6.72. The van der Waals surface area contributed by atoms with Crippen LogP contribution < -0.4 is 20.4 Å². The number of aryl methyl sites for hydroxylation is 1. The van der Waals surface area contributed by atoms with Crippen LogP contribution in [0.4, 0.5) is 10.5 Å². The van der Waals surface area contributed by atoms with Crippen LogP contribution in [0.25, 0.3) is 11.0 Å². The first-order chi connectivity index (χ1) is 18.5. The Kier molecular flexibility index (Phi) is 7.20. The number of benzene rings is 2. The summed E-state index contributed by atoms with van der Waals surface area (Å²) in [6, 6.07) is 9.85. The van der Waals surface area contributed by atoms with Crippen LogP contribution >= 0.6 is 22.6 Å². The molecule has 2 fully saturated rings. The molecule has 2 aliphatic rings. The van der Waals surface area contributed by atoms with Crippen molar-refractivity contribution >= 4 is 51.3 Å². The minimum Gasteiger partial charge on any atom is -0.496 e. The third kappa shape index (κ3) is 5.03. The summed E-state index contributed by atoms with van der Waals surface area (Å²) in [5.41, 5.74) is -0.441. The van der Waals surface area contributed by atoms with Crippen molar-refractivity contribution in [3.05, 3.63) is 61.5 Å². The molecule has 0 spiro atoms. The molecule has 1 aromatic heterocycles. The molecule has 206 valence electrons. The SMILES string of the molecule is COc1ccc(C(=O)Nc2cc3ccc(O[C@@H]4OC(C)(C)[C@H](OC)[C@@H]5OC(=O)O[C@H]45)c(C)c3oc2=O)cc1I. The average molecular weight is 651 g/mol. The highest BCUT2D eigenvalue weighted by molar-refractivity contribution is 14.1. The number of amides is 1. The lowest BCUT2D eigenvalue weighted by atomic mass is 9.89. The van der Waals surface area contributed by atoms with Gasteiger partial charge in [0.25, 0.3) is 5.91 Å². The molecule has 11 nitrogen and oxygen atoms in total. The predicted molar refractivity (Wildman–Crippen MR) is 146 cm³/mol. The van der Waals surface area contributed by atoms with Crippen molar-refractivity contribution < 1.29 is 42.4 Å². The van der Waals surface area contributed by atoms with Crippen molar-refractivity contribution in [3.8, 4) is 11.5 Å². The number of nitrogens with one attached hydrogen (secondary N) is 1. The van der Waals surface area contributed by atoms with Gasteiger partial charge in [0.15, 0.2) is 6.10 Å². The summed E-state index contributed by atoms with van der Waals surface area (Å²) in [5.74, 6) is 0.530. The largest absolute Gasteiger partial charge is 0.509 e. The van der Waals surface area contributed by atoms with Crippen LogP contribution in [0.15, 0.2) is 45.6 Å². The lowest BCUT2D eigenvalue weighted by Gasteiger charge is -2.45. The van der Waals surface area contributed by atoms with Crippen molar-refractivity contribution in [1.82, 2.24) is 0 Å². The Morgan fingerprint density at radius 3 is 2.44 bits per heavy atom. The molecule has 0 saturated carbocycles. The number of methoxy groups -OCH3 is 2. The zero-order valence-electron chi connectivity index (χ0n) is 21.7.